The number of anilines is 1. The molecule has 0 spiro atoms. The monoisotopic (exact) mass is 583 g/mol. The topological polar surface area (TPSA) is 72.3 Å². The lowest BCUT2D eigenvalue weighted by atomic mass is 9.99. The molecular formula is C34H32F3N5O. The average molecular weight is 584 g/mol. The summed E-state index contributed by atoms with van der Waals surface area (Å²) >= 11 is 0. The van der Waals surface area contributed by atoms with Crippen molar-refractivity contribution >= 4 is 22.6 Å². The maximum absolute atomic E-state index is 14.2. The summed E-state index contributed by atoms with van der Waals surface area (Å²) in [6, 6.07) is 22.2. The van der Waals surface area contributed by atoms with E-state index in [4.69, 9.17) is 4.98 Å². The van der Waals surface area contributed by atoms with Crippen molar-refractivity contribution in [3.8, 4) is 17.2 Å². The molecule has 1 atom stereocenters. The fourth-order valence-corrected chi connectivity index (χ4v) is 6.16. The summed E-state index contributed by atoms with van der Waals surface area (Å²) in [7, 11) is 0. The molecule has 9 heteroatoms. The summed E-state index contributed by atoms with van der Waals surface area (Å²) in [5.74, 6) is 0.430. The van der Waals surface area contributed by atoms with Crippen LogP contribution in [0.25, 0.3) is 22.0 Å². The Balaban J connectivity index is 1.34. The first-order chi connectivity index (χ1) is 20.8. The highest BCUT2D eigenvalue weighted by Crippen LogP contribution is 2.32. The van der Waals surface area contributed by atoms with E-state index in [1.807, 2.05) is 41.3 Å². The second kappa shape index (κ2) is 12.1. The molecule has 1 amide bonds. The van der Waals surface area contributed by atoms with Crippen LogP contribution in [0.15, 0.2) is 72.8 Å². The number of rotatable bonds is 7. The number of amides is 1. The molecule has 0 radical (unpaired) electrons. The molecule has 4 aromatic rings. The first-order valence-electron chi connectivity index (χ1n) is 14.7. The maximum atomic E-state index is 14.2. The van der Waals surface area contributed by atoms with Gasteiger partial charge in [-0.15, -0.1) is 0 Å². The van der Waals surface area contributed by atoms with Gasteiger partial charge in [0.15, 0.2) is 0 Å². The Hall–Kier alpha value is -4.42. The quantitative estimate of drug-likeness (QED) is 0.251. The van der Waals surface area contributed by atoms with Crippen LogP contribution in [-0.2, 0) is 12.7 Å². The smallest absolute Gasteiger partial charge is 0.366 e. The van der Waals surface area contributed by atoms with Gasteiger partial charge in [-0.3, -0.25) is 4.79 Å². The van der Waals surface area contributed by atoms with Crippen molar-refractivity contribution in [3.63, 3.8) is 0 Å². The Kier molecular flexibility index (Phi) is 8.04. The second-order valence-electron chi connectivity index (χ2n) is 11.3. The number of fused-ring (bicyclic) bond motifs is 1. The number of alkyl halides is 3. The van der Waals surface area contributed by atoms with Crippen LogP contribution in [0, 0.1) is 11.3 Å². The number of carbonyl (C=O) groups is 1. The highest BCUT2D eigenvalue weighted by atomic mass is 19.4. The third kappa shape index (κ3) is 6.35. The van der Waals surface area contributed by atoms with E-state index in [-0.39, 0.29) is 18.5 Å². The molecule has 0 aliphatic carbocycles. The van der Waals surface area contributed by atoms with Gasteiger partial charge in [-0.2, -0.15) is 18.4 Å². The van der Waals surface area contributed by atoms with E-state index in [9.17, 15) is 23.2 Å². The van der Waals surface area contributed by atoms with E-state index in [1.165, 1.54) is 25.0 Å². The van der Waals surface area contributed by atoms with Crippen LogP contribution >= 0.6 is 0 Å². The zero-order valence-corrected chi connectivity index (χ0v) is 23.7. The van der Waals surface area contributed by atoms with Gasteiger partial charge in [0.2, 0.25) is 0 Å². The Morgan fingerprint density at radius 1 is 0.953 bits per heavy atom. The molecular weight excluding hydrogens is 551 g/mol. The van der Waals surface area contributed by atoms with Gasteiger partial charge >= 0.3 is 6.18 Å². The van der Waals surface area contributed by atoms with Crippen molar-refractivity contribution in [2.75, 3.05) is 31.5 Å². The number of pyridine rings is 1. The molecule has 2 fully saturated rings. The number of carbonyl (C=O) groups excluding carboxylic acids is 1. The Morgan fingerprint density at radius 2 is 1.72 bits per heavy atom. The standard InChI is InChI=1S/C34H32F3N5O/c35-34(36,37)27-11-8-23(9-12-27)21-39-32-19-30(33(43)42-16-4-7-28(42)22-41-14-1-2-15-41)29-13-10-26(18-31(29)40-32)25-6-3-5-24(17-25)20-38/h3,5-6,8-13,17-19,28H,1-2,4,7,14-16,21-22H2,(H,39,40)/t28-/m0/s1. The molecule has 6 nitrogen and oxygen atoms in total. The van der Waals surface area contributed by atoms with Gasteiger partial charge in [-0.25, -0.2) is 4.98 Å². The van der Waals surface area contributed by atoms with E-state index in [2.05, 4.69) is 16.3 Å². The lowest BCUT2D eigenvalue weighted by molar-refractivity contribution is -0.137. The minimum Gasteiger partial charge on any atom is -0.366 e. The van der Waals surface area contributed by atoms with Crippen molar-refractivity contribution in [3.05, 3.63) is 95.1 Å². The summed E-state index contributed by atoms with van der Waals surface area (Å²) in [5, 5.41) is 13.3. The number of nitriles is 1. The largest absolute Gasteiger partial charge is 0.416 e. The van der Waals surface area contributed by atoms with Crippen molar-refractivity contribution in [1.82, 2.24) is 14.8 Å². The molecule has 3 aromatic carbocycles. The molecule has 2 aliphatic heterocycles. The summed E-state index contributed by atoms with van der Waals surface area (Å²) in [4.78, 5) is 23.4. The molecule has 220 valence electrons. The van der Waals surface area contributed by atoms with Crippen molar-refractivity contribution in [2.24, 2.45) is 0 Å². The lowest BCUT2D eigenvalue weighted by Crippen LogP contribution is -2.42. The van der Waals surface area contributed by atoms with Gasteiger partial charge in [-0.1, -0.05) is 36.4 Å². The molecule has 2 aliphatic rings. The number of aromatic nitrogens is 1. The minimum atomic E-state index is -4.40. The van der Waals surface area contributed by atoms with Gasteiger partial charge in [0, 0.05) is 31.1 Å². The van der Waals surface area contributed by atoms with Gasteiger partial charge in [0.25, 0.3) is 5.91 Å². The van der Waals surface area contributed by atoms with E-state index >= 15 is 0 Å². The van der Waals surface area contributed by atoms with Crippen LogP contribution in [0.1, 0.15) is 52.7 Å². The van der Waals surface area contributed by atoms with Crippen molar-refractivity contribution in [1.29, 1.82) is 5.26 Å². The summed E-state index contributed by atoms with van der Waals surface area (Å²) in [6.45, 7) is 3.98. The molecule has 43 heavy (non-hydrogen) atoms. The van der Waals surface area contributed by atoms with Crippen molar-refractivity contribution in [2.45, 2.75) is 44.4 Å². The van der Waals surface area contributed by atoms with Crippen LogP contribution in [0.2, 0.25) is 0 Å². The predicted molar refractivity (Wildman–Crippen MR) is 160 cm³/mol. The molecule has 0 bridgehead atoms. The Morgan fingerprint density at radius 3 is 2.47 bits per heavy atom. The first kappa shape index (κ1) is 28.7. The number of benzene rings is 3. The zero-order valence-electron chi connectivity index (χ0n) is 23.7. The van der Waals surface area contributed by atoms with Crippen LogP contribution in [-0.4, -0.2) is 52.9 Å². The third-order valence-electron chi connectivity index (χ3n) is 8.43. The number of likely N-dealkylation sites (tertiary alicyclic amines) is 2. The Bertz CT molecular complexity index is 1670. The average Bonchev–Trinajstić information content (AvgIpc) is 3.71. The zero-order chi connectivity index (χ0) is 30.0. The molecule has 1 N–H and O–H groups in total. The lowest BCUT2D eigenvalue weighted by Gasteiger charge is -2.29. The van der Waals surface area contributed by atoms with Crippen LogP contribution in [0.3, 0.4) is 0 Å². The molecule has 6 rings (SSSR count). The fraction of sp³-hybridized carbons (Fsp3) is 0.324. The first-order valence-corrected chi connectivity index (χ1v) is 14.7. The highest BCUT2D eigenvalue weighted by Gasteiger charge is 2.33. The maximum Gasteiger partial charge on any atom is 0.416 e. The molecule has 1 aromatic heterocycles. The number of nitrogens with zero attached hydrogens (tertiary/aromatic N) is 4. The van der Waals surface area contributed by atoms with E-state index < -0.39 is 11.7 Å². The second-order valence-corrected chi connectivity index (χ2v) is 11.3. The van der Waals surface area contributed by atoms with Crippen molar-refractivity contribution < 1.29 is 18.0 Å². The summed E-state index contributed by atoms with van der Waals surface area (Å²) in [5.41, 5.74) is 3.41. The van der Waals surface area contributed by atoms with E-state index in [0.717, 1.165) is 61.1 Å². The van der Waals surface area contributed by atoms with E-state index in [1.54, 1.807) is 12.1 Å². The van der Waals surface area contributed by atoms with Crippen LogP contribution < -0.4 is 5.32 Å². The van der Waals surface area contributed by atoms with Gasteiger partial charge < -0.3 is 15.1 Å². The van der Waals surface area contributed by atoms with Crippen LogP contribution in [0.4, 0.5) is 19.0 Å². The number of hydrogen-bond acceptors (Lipinski definition) is 5. The molecule has 3 heterocycles. The number of hydrogen-bond donors (Lipinski definition) is 1. The van der Waals surface area contributed by atoms with Gasteiger partial charge in [-0.05, 0) is 91.9 Å². The molecule has 0 unspecified atom stereocenters. The molecule has 0 saturated carbocycles. The van der Waals surface area contributed by atoms with E-state index in [0.29, 0.717) is 34.6 Å². The summed E-state index contributed by atoms with van der Waals surface area (Å²) in [6.07, 6.45) is -0.0599. The fourth-order valence-electron chi connectivity index (χ4n) is 6.16. The van der Waals surface area contributed by atoms with Gasteiger partial charge in [0.05, 0.1) is 28.3 Å². The minimum absolute atomic E-state index is 0.0362. The predicted octanol–water partition coefficient (Wildman–Crippen LogP) is 7.10. The highest BCUT2D eigenvalue weighted by molar-refractivity contribution is 6.07. The third-order valence-corrected chi connectivity index (χ3v) is 8.43. The number of halogens is 3. The van der Waals surface area contributed by atoms with Crippen LogP contribution in [0.5, 0.6) is 0 Å². The number of nitrogens with one attached hydrogen (secondary N) is 1. The molecule has 2 saturated heterocycles. The normalized spacial score (nSPS) is 17.3. The SMILES string of the molecule is N#Cc1cccc(-c2ccc3c(C(=O)N4CCC[C@H]4CN4CCCC4)cc(NCc4ccc(C(F)(F)F)cc4)nc3c2)c1. The van der Waals surface area contributed by atoms with Gasteiger partial charge in [0.1, 0.15) is 5.82 Å². The summed E-state index contributed by atoms with van der Waals surface area (Å²) < 4.78 is 39.1. The Labute approximate surface area is 248 Å².